The van der Waals surface area contributed by atoms with Gasteiger partial charge < -0.3 is 9.84 Å². The van der Waals surface area contributed by atoms with Crippen LogP contribution in [0.25, 0.3) is 0 Å². The number of carbonyl (C=O) groups excluding carboxylic acids is 1. The molecular weight excluding hydrogens is 262 g/mol. The highest BCUT2D eigenvalue weighted by atomic mass is 32.2. The smallest absolute Gasteiger partial charge is 0.337 e. The van der Waals surface area contributed by atoms with Crippen LogP contribution in [0.4, 0.5) is 5.69 Å². The Hall–Kier alpha value is -2.09. The summed E-state index contributed by atoms with van der Waals surface area (Å²) < 4.78 is 29.2. The first kappa shape index (κ1) is 14.0. The Balaban J connectivity index is 2.92. The summed E-state index contributed by atoms with van der Waals surface area (Å²) in [6.07, 6.45) is 0. The number of carboxylic acid groups (broad SMARTS) is 1. The number of carboxylic acids is 1. The van der Waals surface area contributed by atoms with Crippen molar-refractivity contribution in [1.82, 2.24) is 0 Å². The SMILES string of the molecule is COC(=O)c1cccc(NS(=O)(=O)CC(=O)O)c1. The van der Waals surface area contributed by atoms with Gasteiger partial charge in [-0.05, 0) is 18.2 Å². The molecule has 0 aliphatic rings. The van der Waals surface area contributed by atoms with E-state index in [2.05, 4.69) is 9.46 Å². The standard InChI is InChI=1S/C10H11NO6S/c1-17-10(14)7-3-2-4-8(5-7)11-18(15,16)6-9(12)13/h2-5,11H,6H2,1H3,(H,12,13). The second kappa shape index (κ2) is 5.50. The van der Waals surface area contributed by atoms with Gasteiger partial charge in [-0.2, -0.15) is 0 Å². The molecule has 18 heavy (non-hydrogen) atoms. The molecule has 0 saturated heterocycles. The molecule has 0 radical (unpaired) electrons. The van der Waals surface area contributed by atoms with Crippen LogP contribution in [-0.2, 0) is 19.6 Å². The normalized spacial score (nSPS) is 10.7. The molecule has 0 amide bonds. The zero-order valence-corrected chi connectivity index (χ0v) is 10.2. The largest absolute Gasteiger partial charge is 0.480 e. The Labute approximate surface area is 103 Å². The van der Waals surface area contributed by atoms with Gasteiger partial charge in [0.2, 0.25) is 10.0 Å². The molecule has 1 aromatic carbocycles. The summed E-state index contributed by atoms with van der Waals surface area (Å²) >= 11 is 0. The van der Waals surface area contributed by atoms with E-state index in [-0.39, 0.29) is 11.3 Å². The molecule has 0 aliphatic carbocycles. The molecule has 1 aromatic rings. The Morgan fingerprint density at radius 1 is 1.39 bits per heavy atom. The average Bonchev–Trinajstić information content (AvgIpc) is 2.25. The van der Waals surface area contributed by atoms with Crippen LogP contribution < -0.4 is 4.72 Å². The number of aliphatic carboxylic acids is 1. The fourth-order valence-electron chi connectivity index (χ4n) is 1.21. The van der Waals surface area contributed by atoms with Gasteiger partial charge in [-0.15, -0.1) is 0 Å². The number of anilines is 1. The molecule has 0 atom stereocenters. The van der Waals surface area contributed by atoms with E-state index in [0.717, 1.165) is 0 Å². The average molecular weight is 273 g/mol. The van der Waals surface area contributed by atoms with Gasteiger partial charge in [0.15, 0.2) is 5.75 Å². The second-order valence-electron chi connectivity index (χ2n) is 3.33. The topological polar surface area (TPSA) is 110 Å². The molecule has 0 aliphatic heterocycles. The van der Waals surface area contributed by atoms with Crippen molar-refractivity contribution >= 4 is 27.6 Å². The van der Waals surface area contributed by atoms with E-state index in [4.69, 9.17) is 5.11 Å². The Morgan fingerprint density at radius 3 is 2.61 bits per heavy atom. The van der Waals surface area contributed by atoms with Crippen molar-refractivity contribution in [2.75, 3.05) is 17.6 Å². The van der Waals surface area contributed by atoms with Crippen molar-refractivity contribution in [1.29, 1.82) is 0 Å². The van der Waals surface area contributed by atoms with Crippen molar-refractivity contribution in [2.45, 2.75) is 0 Å². The molecule has 0 spiro atoms. The number of sulfonamides is 1. The van der Waals surface area contributed by atoms with Crippen LogP contribution in [-0.4, -0.2) is 38.3 Å². The van der Waals surface area contributed by atoms with Crippen LogP contribution in [0.3, 0.4) is 0 Å². The van der Waals surface area contributed by atoms with Gasteiger partial charge in [0.25, 0.3) is 0 Å². The predicted octanol–water partition coefficient (Wildman–Crippen LogP) is 0.299. The van der Waals surface area contributed by atoms with E-state index in [9.17, 15) is 18.0 Å². The first-order valence-electron chi connectivity index (χ1n) is 4.75. The number of nitrogens with one attached hydrogen (secondary N) is 1. The minimum Gasteiger partial charge on any atom is -0.480 e. The second-order valence-corrected chi connectivity index (χ2v) is 5.05. The number of rotatable bonds is 5. The quantitative estimate of drug-likeness (QED) is 0.747. The molecule has 0 heterocycles. The Morgan fingerprint density at radius 2 is 2.06 bits per heavy atom. The van der Waals surface area contributed by atoms with Crippen molar-refractivity contribution in [3.05, 3.63) is 29.8 Å². The summed E-state index contributed by atoms with van der Waals surface area (Å²) in [7, 11) is -2.79. The van der Waals surface area contributed by atoms with Gasteiger partial charge in [0, 0.05) is 5.69 Å². The number of carbonyl (C=O) groups is 2. The van der Waals surface area contributed by atoms with Crippen LogP contribution >= 0.6 is 0 Å². The lowest BCUT2D eigenvalue weighted by molar-refractivity contribution is -0.134. The zero-order valence-electron chi connectivity index (χ0n) is 9.41. The lowest BCUT2D eigenvalue weighted by atomic mass is 10.2. The van der Waals surface area contributed by atoms with E-state index < -0.39 is 27.7 Å². The van der Waals surface area contributed by atoms with Gasteiger partial charge in [0.05, 0.1) is 12.7 Å². The predicted molar refractivity (Wildman–Crippen MR) is 62.8 cm³/mol. The molecule has 1 rings (SSSR count). The summed E-state index contributed by atoms with van der Waals surface area (Å²) in [6.45, 7) is 0. The van der Waals surface area contributed by atoms with Crippen LogP contribution in [0.1, 0.15) is 10.4 Å². The third kappa shape index (κ3) is 4.06. The molecular formula is C10H11NO6S. The third-order valence-electron chi connectivity index (χ3n) is 1.87. The lowest BCUT2D eigenvalue weighted by Crippen LogP contribution is -2.22. The monoisotopic (exact) mass is 273 g/mol. The number of hydrogen-bond donors (Lipinski definition) is 2. The minimum absolute atomic E-state index is 0.0964. The number of ether oxygens (including phenoxy) is 1. The number of methoxy groups -OCH3 is 1. The van der Waals surface area contributed by atoms with Gasteiger partial charge in [-0.1, -0.05) is 6.07 Å². The van der Waals surface area contributed by atoms with Gasteiger partial charge in [0.1, 0.15) is 0 Å². The molecule has 8 heteroatoms. The molecule has 98 valence electrons. The van der Waals surface area contributed by atoms with E-state index in [1.165, 1.54) is 31.4 Å². The third-order valence-corrected chi connectivity index (χ3v) is 3.04. The first-order chi connectivity index (χ1) is 8.34. The summed E-state index contributed by atoms with van der Waals surface area (Å²) in [6, 6.07) is 5.54. The van der Waals surface area contributed by atoms with Gasteiger partial charge in [-0.3, -0.25) is 9.52 Å². The van der Waals surface area contributed by atoms with Crippen molar-refractivity contribution in [2.24, 2.45) is 0 Å². The van der Waals surface area contributed by atoms with E-state index in [1.54, 1.807) is 0 Å². The van der Waals surface area contributed by atoms with Crippen molar-refractivity contribution in [3.8, 4) is 0 Å². The molecule has 7 nitrogen and oxygen atoms in total. The number of esters is 1. The molecule has 0 unspecified atom stereocenters. The maximum atomic E-state index is 11.4. The van der Waals surface area contributed by atoms with E-state index in [1.807, 2.05) is 0 Å². The lowest BCUT2D eigenvalue weighted by Gasteiger charge is -2.07. The van der Waals surface area contributed by atoms with Crippen molar-refractivity contribution in [3.63, 3.8) is 0 Å². The maximum Gasteiger partial charge on any atom is 0.337 e. The Bertz CT molecular complexity index is 565. The Kier molecular flexibility index (Phi) is 4.27. The summed E-state index contributed by atoms with van der Waals surface area (Å²) in [5.74, 6) is -3.13. The number of hydrogen-bond acceptors (Lipinski definition) is 5. The number of benzene rings is 1. The molecule has 2 N–H and O–H groups in total. The first-order valence-corrected chi connectivity index (χ1v) is 6.40. The molecule has 0 fully saturated rings. The van der Waals surface area contributed by atoms with Crippen molar-refractivity contribution < 1.29 is 27.9 Å². The van der Waals surface area contributed by atoms with Crippen LogP contribution in [0.2, 0.25) is 0 Å². The zero-order chi connectivity index (χ0) is 13.8. The molecule has 0 saturated carbocycles. The summed E-state index contributed by atoms with van der Waals surface area (Å²) in [5, 5.41) is 8.41. The molecule has 0 bridgehead atoms. The maximum absolute atomic E-state index is 11.4. The van der Waals surface area contributed by atoms with Crippen LogP contribution in [0, 0.1) is 0 Å². The fraction of sp³-hybridized carbons (Fsp3) is 0.200. The highest BCUT2D eigenvalue weighted by Crippen LogP contribution is 2.13. The molecule has 0 aromatic heterocycles. The van der Waals surface area contributed by atoms with Crippen LogP contribution in [0.5, 0.6) is 0 Å². The fourth-order valence-corrected chi connectivity index (χ4v) is 2.09. The minimum atomic E-state index is -3.98. The van der Waals surface area contributed by atoms with E-state index >= 15 is 0 Å². The van der Waals surface area contributed by atoms with Gasteiger partial charge in [-0.25, -0.2) is 13.2 Å². The highest BCUT2D eigenvalue weighted by molar-refractivity contribution is 7.93. The summed E-state index contributed by atoms with van der Waals surface area (Å²) in [4.78, 5) is 21.5. The van der Waals surface area contributed by atoms with Gasteiger partial charge >= 0.3 is 11.9 Å². The van der Waals surface area contributed by atoms with Crippen LogP contribution in [0.15, 0.2) is 24.3 Å². The summed E-state index contributed by atoms with van der Waals surface area (Å²) in [5.41, 5.74) is 0.257. The van der Waals surface area contributed by atoms with E-state index in [0.29, 0.717) is 0 Å². The highest BCUT2D eigenvalue weighted by Gasteiger charge is 2.16.